The molecule has 0 saturated carbocycles. The van der Waals surface area contributed by atoms with E-state index in [1.165, 1.54) is 16.7 Å². The molecule has 0 amide bonds. The van der Waals surface area contributed by atoms with Crippen molar-refractivity contribution in [3.8, 4) is 0 Å². The summed E-state index contributed by atoms with van der Waals surface area (Å²) >= 11 is 0. The van der Waals surface area contributed by atoms with Crippen molar-refractivity contribution in [2.75, 3.05) is 5.32 Å². The number of dihydropyridines is 1. The molecule has 3 heterocycles. The minimum atomic E-state index is 0.311. The van der Waals surface area contributed by atoms with Crippen molar-refractivity contribution in [2.24, 2.45) is 4.99 Å². The maximum absolute atomic E-state index is 4.86. The van der Waals surface area contributed by atoms with E-state index in [0.29, 0.717) is 12.1 Å². The van der Waals surface area contributed by atoms with Crippen LogP contribution >= 0.6 is 0 Å². The third-order valence-electron chi connectivity index (χ3n) is 6.79. The lowest BCUT2D eigenvalue weighted by Gasteiger charge is -2.34. The number of hydrogen-bond donors (Lipinski definition) is 3. The van der Waals surface area contributed by atoms with Crippen LogP contribution in [0.1, 0.15) is 29.8 Å². The maximum Gasteiger partial charge on any atom is 0.147 e. The van der Waals surface area contributed by atoms with Gasteiger partial charge in [-0.25, -0.2) is 4.98 Å². The highest BCUT2D eigenvalue weighted by molar-refractivity contribution is 5.75. The predicted octanol–water partition coefficient (Wildman–Crippen LogP) is 5.00. The number of anilines is 1. The molecule has 0 saturated heterocycles. The van der Waals surface area contributed by atoms with E-state index < -0.39 is 0 Å². The number of rotatable bonds is 8. The van der Waals surface area contributed by atoms with E-state index in [9.17, 15) is 0 Å². The predicted molar refractivity (Wildman–Crippen MR) is 140 cm³/mol. The molecule has 7 nitrogen and oxygen atoms in total. The number of hydrogen-bond acceptors (Lipinski definition) is 5. The molecule has 0 fully saturated rings. The molecule has 2 aromatic heterocycles. The first-order valence-corrected chi connectivity index (χ1v) is 12.2. The smallest absolute Gasteiger partial charge is 0.147 e. The Kier molecular flexibility index (Phi) is 5.99. The van der Waals surface area contributed by atoms with Crippen molar-refractivity contribution in [3.05, 3.63) is 102 Å². The summed E-state index contributed by atoms with van der Waals surface area (Å²) in [7, 11) is 0. The number of H-pyrrole nitrogens is 2. The quantitative estimate of drug-likeness (QED) is 0.343. The first-order chi connectivity index (χ1) is 17.3. The van der Waals surface area contributed by atoms with Gasteiger partial charge in [0.25, 0.3) is 0 Å². The van der Waals surface area contributed by atoms with Gasteiger partial charge in [0.15, 0.2) is 0 Å². The molecular formula is C28H29N7. The van der Waals surface area contributed by atoms with E-state index in [0.717, 1.165) is 55.2 Å². The van der Waals surface area contributed by atoms with Gasteiger partial charge >= 0.3 is 0 Å². The van der Waals surface area contributed by atoms with Crippen LogP contribution in [0.3, 0.4) is 0 Å². The molecule has 0 bridgehead atoms. The number of imidazole rings is 1. The summed E-state index contributed by atoms with van der Waals surface area (Å²) in [5.41, 5.74) is 5.96. The summed E-state index contributed by atoms with van der Waals surface area (Å²) in [5, 5.41) is 10.3. The molecule has 0 spiro atoms. The third-order valence-corrected chi connectivity index (χ3v) is 6.79. The summed E-state index contributed by atoms with van der Waals surface area (Å²) < 4.78 is 0. The molecule has 2 unspecified atom stereocenters. The minimum absolute atomic E-state index is 0.311. The number of nitrogens with zero attached hydrogens (tertiary/aromatic N) is 4. The van der Waals surface area contributed by atoms with Gasteiger partial charge in [-0.2, -0.15) is 5.10 Å². The Hall–Kier alpha value is -3.97. The number of para-hydroxylation sites is 2. The molecule has 1 aliphatic heterocycles. The topological polar surface area (TPSA) is 85.0 Å². The molecule has 176 valence electrons. The SMILES string of the molecule is C1=CC2=CC(N(Cc3ccc(CNc4cc[nH]n4)cc3)Cc3nc4ccccc4[nH]3)CCC2N=C1. The van der Waals surface area contributed by atoms with E-state index in [4.69, 9.17) is 4.98 Å². The summed E-state index contributed by atoms with van der Waals surface area (Å²) in [6, 6.07) is 19.7. The van der Waals surface area contributed by atoms with Gasteiger partial charge in [0, 0.05) is 31.5 Å². The standard InChI is InChI=1S/C28H29N7/c1-2-6-26-25(5-1)32-28(33-26)19-35(23-11-12-24-22(16-23)4-3-14-29-24)18-21-9-7-20(8-10-21)17-30-27-13-15-31-34-27/h1-10,13-16,23-24H,11-12,17-19H2,(H,32,33)(H2,30,31,34). The first kappa shape index (κ1) is 21.6. The van der Waals surface area contributed by atoms with Gasteiger partial charge in [-0.15, -0.1) is 0 Å². The lowest BCUT2D eigenvalue weighted by atomic mass is 9.89. The Bertz CT molecular complexity index is 1330. The van der Waals surface area contributed by atoms with Gasteiger partial charge in [-0.05, 0) is 53.8 Å². The van der Waals surface area contributed by atoms with Crippen LogP contribution in [0.25, 0.3) is 11.0 Å². The zero-order chi connectivity index (χ0) is 23.5. The Morgan fingerprint density at radius 1 is 0.971 bits per heavy atom. The van der Waals surface area contributed by atoms with Crippen LogP contribution in [-0.4, -0.2) is 43.4 Å². The molecule has 3 N–H and O–H groups in total. The highest BCUT2D eigenvalue weighted by Gasteiger charge is 2.26. The number of benzene rings is 2. The average Bonchev–Trinajstić information content (AvgIpc) is 3.57. The van der Waals surface area contributed by atoms with Crippen molar-refractivity contribution < 1.29 is 0 Å². The Morgan fingerprint density at radius 3 is 2.71 bits per heavy atom. The van der Waals surface area contributed by atoms with Crippen molar-refractivity contribution in [3.63, 3.8) is 0 Å². The maximum atomic E-state index is 4.86. The monoisotopic (exact) mass is 463 g/mol. The number of aromatic nitrogens is 4. The summed E-state index contributed by atoms with van der Waals surface area (Å²) in [4.78, 5) is 15.6. The van der Waals surface area contributed by atoms with E-state index in [-0.39, 0.29) is 0 Å². The van der Waals surface area contributed by atoms with E-state index in [1.807, 2.05) is 36.7 Å². The minimum Gasteiger partial charge on any atom is -0.365 e. The zero-order valence-electron chi connectivity index (χ0n) is 19.6. The summed E-state index contributed by atoms with van der Waals surface area (Å²) in [5.74, 6) is 1.86. The van der Waals surface area contributed by atoms with Gasteiger partial charge in [0.2, 0.25) is 0 Å². The summed E-state index contributed by atoms with van der Waals surface area (Å²) in [6.07, 6.45) is 12.6. The van der Waals surface area contributed by atoms with Crippen molar-refractivity contribution in [2.45, 2.75) is 44.6 Å². The van der Waals surface area contributed by atoms with Crippen LogP contribution in [-0.2, 0) is 19.6 Å². The van der Waals surface area contributed by atoms with E-state index in [2.05, 4.69) is 78.9 Å². The number of fused-ring (bicyclic) bond motifs is 2. The van der Waals surface area contributed by atoms with Crippen LogP contribution in [0.4, 0.5) is 5.82 Å². The number of aromatic amines is 2. The second kappa shape index (κ2) is 9.72. The molecule has 6 rings (SSSR count). The van der Waals surface area contributed by atoms with E-state index >= 15 is 0 Å². The average molecular weight is 464 g/mol. The molecule has 7 heteroatoms. The van der Waals surface area contributed by atoms with Gasteiger partial charge in [0.05, 0.1) is 23.6 Å². The van der Waals surface area contributed by atoms with Crippen LogP contribution in [0.2, 0.25) is 0 Å². The second-order valence-electron chi connectivity index (χ2n) is 9.22. The molecule has 1 aliphatic carbocycles. The highest BCUT2D eigenvalue weighted by Crippen LogP contribution is 2.29. The largest absolute Gasteiger partial charge is 0.365 e. The van der Waals surface area contributed by atoms with Crippen LogP contribution in [0.5, 0.6) is 0 Å². The Morgan fingerprint density at radius 2 is 1.86 bits per heavy atom. The number of nitrogens with one attached hydrogen (secondary N) is 3. The van der Waals surface area contributed by atoms with Gasteiger partial charge in [-0.3, -0.25) is 15.0 Å². The fraction of sp³-hybridized carbons (Fsp3) is 0.250. The molecule has 2 aliphatic rings. The Balaban J connectivity index is 1.21. The van der Waals surface area contributed by atoms with Gasteiger partial charge in [0.1, 0.15) is 11.6 Å². The van der Waals surface area contributed by atoms with Gasteiger partial charge < -0.3 is 10.3 Å². The molecule has 2 aromatic carbocycles. The lowest BCUT2D eigenvalue weighted by Crippen LogP contribution is -2.37. The van der Waals surface area contributed by atoms with Gasteiger partial charge in [-0.1, -0.05) is 48.6 Å². The molecular weight excluding hydrogens is 434 g/mol. The molecule has 2 atom stereocenters. The highest BCUT2D eigenvalue weighted by atomic mass is 15.2. The lowest BCUT2D eigenvalue weighted by molar-refractivity contribution is 0.188. The van der Waals surface area contributed by atoms with Crippen LogP contribution in [0, 0.1) is 0 Å². The fourth-order valence-corrected chi connectivity index (χ4v) is 4.95. The normalized spacial score (nSPS) is 19.2. The number of allylic oxidation sites excluding steroid dienone is 1. The molecule has 0 radical (unpaired) electrons. The van der Waals surface area contributed by atoms with Crippen molar-refractivity contribution in [1.29, 1.82) is 0 Å². The Labute approximate surface area is 204 Å². The van der Waals surface area contributed by atoms with Crippen LogP contribution in [0.15, 0.2) is 89.6 Å². The van der Waals surface area contributed by atoms with Crippen molar-refractivity contribution >= 4 is 23.1 Å². The van der Waals surface area contributed by atoms with E-state index in [1.54, 1.807) is 0 Å². The second-order valence-corrected chi connectivity index (χ2v) is 9.22. The third kappa shape index (κ3) is 4.95. The molecule has 4 aromatic rings. The fourth-order valence-electron chi connectivity index (χ4n) is 4.95. The first-order valence-electron chi connectivity index (χ1n) is 12.2. The van der Waals surface area contributed by atoms with Crippen LogP contribution < -0.4 is 5.32 Å². The molecule has 35 heavy (non-hydrogen) atoms. The number of aliphatic imine (C=N–C) groups is 1. The zero-order valence-corrected chi connectivity index (χ0v) is 19.6. The summed E-state index contributed by atoms with van der Waals surface area (Å²) in [6.45, 7) is 2.37. The van der Waals surface area contributed by atoms with Crippen molar-refractivity contribution in [1.82, 2.24) is 25.1 Å².